The number of benzene rings is 2. The van der Waals surface area contributed by atoms with Crippen LogP contribution >= 0.6 is 11.3 Å². The summed E-state index contributed by atoms with van der Waals surface area (Å²) in [4.78, 5) is 31.6. The number of aromatic nitrogens is 1. The first-order chi connectivity index (χ1) is 16.5. The number of hydrogen-bond acceptors (Lipinski definition) is 8. The van der Waals surface area contributed by atoms with Gasteiger partial charge in [-0.05, 0) is 43.7 Å². The minimum atomic E-state index is -0.696. The van der Waals surface area contributed by atoms with Crippen LogP contribution in [0.5, 0.6) is 11.5 Å². The number of nitrogens with one attached hydrogen (secondary N) is 1. The molecule has 34 heavy (non-hydrogen) atoms. The number of nitrogens with zero attached hydrogens (tertiary/aromatic N) is 2. The Morgan fingerprint density at radius 1 is 1.18 bits per heavy atom. The van der Waals surface area contributed by atoms with Gasteiger partial charge in [-0.1, -0.05) is 35.6 Å². The number of methoxy groups -OCH3 is 2. The van der Waals surface area contributed by atoms with Crippen molar-refractivity contribution in [2.75, 3.05) is 26.1 Å². The maximum Gasteiger partial charge on any atom is 0.338 e. The highest BCUT2D eigenvalue weighted by atomic mass is 32.1. The van der Waals surface area contributed by atoms with Crippen LogP contribution < -0.4 is 29.7 Å². The first-order valence-corrected chi connectivity index (χ1v) is 11.5. The number of carbonyl (C=O) groups excluding carboxylic acids is 1. The van der Waals surface area contributed by atoms with E-state index in [4.69, 9.17) is 14.2 Å². The number of rotatable bonds is 7. The molecular formula is C25H25N3O5S. The standard InChI is InChI=1S/C25H25N3O5S/c1-5-33-24(30)21-15(2)27-25-28(22(21)16-9-8-10-17(13-16)31-3)23(29)20(34-25)14-26-18-11-6-7-12-19(18)32-4/h6-14,22,26H,5H2,1-4H3/b20-14-. The number of thiazole rings is 1. The number of allylic oxidation sites excluding steroid dienone is 1. The molecule has 1 unspecified atom stereocenters. The summed E-state index contributed by atoms with van der Waals surface area (Å²) in [5.74, 6) is 0.773. The van der Waals surface area contributed by atoms with Gasteiger partial charge in [0.15, 0.2) is 4.80 Å². The Kier molecular flexibility index (Phi) is 6.83. The molecule has 0 radical (unpaired) electrons. The lowest BCUT2D eigenvalue weighted by molar-refractivity contribution is -0.139. The summed E-state index contributed by atoms with van der Waals surface area (Å²) in [6.45, 7) is 3.71. The number of para-hydroxylation sites is 2. The molecule has 2 aromatic carbocycles. The smallest absolute Gasteiger partial charge is 0.338 e. The van der Waals surface area contributed by atoms with E-state index in [1.54, 1.807) is 34.3 Å². The largest absolute Gasteiger partial charge is 0.497 e. The fourth-order valence-corrected chi connectivity index (χ4v) is 4.80. The quantitative estimate of drug-likeness (QED) is 0.524. The van der Waals surface area contributed by atoms with Gasteiger partial charge in [0.25, 0.3) is 5.56 Å². The molecule has 1 N–H and O–H groups in total. The zero-order chi connectivity index (χ0) is 24.2. The molecule has 0 aliphatic carbocycles. The number of fused-ring (bicyclic) bond motifs is 1. The van der Waals surface area contributed by atoms with Gasteiger partial charge in [0, 0.05) is 6.20 Å². The lowest BCUT2D eigenvalue weighted by atomic mass is 9.95. The van der Waals surface area contributed by atoms with Crippen molar-refractivity contribution in [3.05, 3.63) is 85.1 Å². The van der Waals surface area contributed by atoms with Crippen molar-refractivity contribution in [1.82, 2.24) is 4.57 Å². The van der Waals surface area contributed by atoms with Gasteiger partial charge in [0.2, 0.25) is 0 Å². The second kappa shape index (κ2) is 9.96. The van der Waals surface area contributed by atoms with E-state index in [1.165, 1.54) is 15.9 Å². The Morgan fingerprint density at radius 3 is 2.71 bits per heavy atom. The summed E-state index contributed by atoms with van der Waals surface area (Å²) in [5.41, 5.74) is 2.02. The summed E-state index contributed by atoms with van der Waals surface area (Å²) in [7, 11) is 3.16. The first-order valence-electron chi connectivity index (χ1n) is 10.7. The normalized spacial score (nSPS) is 15.4. The molecule has 9 heteroatoms. The van der Waals surface area contributed by atoms with Crippen LogP contribution in [-0.4, -0.2) is 31.4 Å². The second-order valence-corrected chi connectivity index (χ2v) is 8.43. The molecule has 3 aromatic rings. The van der Waals surface area contributed by atoms with E-state index in [9.17, 15) is 9.59 Å². The minimum absolute atomic E-state index is 0.216. The summed E-state index contributed by atoms with van der Waals surface area (Å²) >= 11 is 1.24. The van der Waals surface area contributed by atoms with E-state index in [0.717, 1.165) is 11.3 Å². The van der Waals surface area contributed by atoms with E-state index in [2.05, 4.69) is 10.3 Å². The zero-order valence-electron chi connectivity index (χ0n) is 19.3. The zero-order valence-corrected chi connectivity index (χ0v) is 20.1. The van der Waals surface area contributed by atoms with Gasteiger partial charge >= 0.3 is 5.97 Å². The predicted molar refractivity (Wildman–Crippen MR) is 131 cm³/mol. The number of carbonyl (C=O) groups is 1. The Morgan fingerprint density at radius 2 is 1.97 bits per heavy atom. The van der Waals surface area contributed by atoms with Crippen molar-refractivity contribution in [2.24, 2.45) is 4.99 Å². The molecule has 0 saturated carbocycles. The van der Waals surface area contributed by atoms with Crippen molar-refractivity contribution in [1.29, 1.82) is 0 Å². The van der Waals surface area contributed by atoms with Gasteiger partial charge in [-0.2, -0.15) is 0 Å². The third-order valence-corrected chi connectivity index (χ3v) is 6.38. The van der Waals surface area contributed by atoms with E-state index >= 15 is 0 Å². The fraction of sp³-hybridized carbons (Fsp3) is 0.240. The Balaban J connectivity index is 1.88. The van der Waals surface area contributed by atoms with Crippen molar-refractivity contribution < 1.29 is 19.0 Å². The van der Waals surface area contributed by atoms with Crippen LogP contribution in [0.25, 0.3) is 6.20 Å². The molecule has 1 aromatic heterocycles. The van der Waals surface area contributed by atoms with Gasteiger partial charge in [0.1, 0.15) is 16.0 Å². The predicted octanol–water partition coefficient (Wildman–Crippen LogP) is 2.84. The van der Waals surface area contributed by atoms with E-state index in [0.29, 0.717) is 32.1 Å². The van der Waals surface area contributed by atoms with Crippen LogP contribution in [0, 0.1) is 0 Å². The topological polar surface area (TPSA) is 91.2 Å². The SMILES string of the molecule is CCOC(=O)C1=C(C)N=c2s/c(=C\Nc3ccccc3OC)c(=O)n2C1c1cccc(OC)c1. The molecule has 4 rings (SSSR count). The highest BCUT2D eigenvalue weighted by molar-refractivity contribution is 7.07. The fourth-order valence-electron chi connectivity index (χ4n) is 3.83. The lowest BCUT2D eigenvalue weighted by Crippen LogP contribution is -2.40. The molecule has 0 amide bonds. The molecular weight excluding hydrogens is 454 g/mol. The van der Waals surface area contributed by atoms with Crippen LogP contribution in [0.3, 0.4) is 0 Å². The van der Waals surface area contributed by atoms with Crippen molar-refractivity contribution in [3.8, 4) is 11.5 Å². The van der Waals surface area contributed by atoms with Crippen LogP contribution in [-0.2, 0) is 9.53 Å². The van der Waals surface area contributed by atoms with Gasteiger partial charge in [-0.3, -0.25) is 9.36 Å². The molecule has 0 spiro atoms. The molecule has 1 aliphatic rings. The molecule has 0 fully saturated rings. The van der Waals surface area contributed by atoms with Crippen molar-refractivity contribution in [2.45, 2.75) is 19.9 Å². The van der Waals surface area contributed by atoms with Crippen LogP contribution in [0.1, 0.15) is 25.5 Å². The average molecular weight is 480 g/mol. The van der Waals surface area contributed by atoms with Gasteiger partial charge in [0.05, 0.1) is 43.8 Å². The Labute approximate surface area is 200 Å². The molecule has 1 aliphatic heterocycles. The molecule has 1 atom stereocenters. The number of anilines is 1. The molecule has 2 heterocycles. The van der Waals surface area contributed by atoms with Gasteiger partial charge in [-0.15, -0.1) is 0 Å². The second-order valence-electron chi connectivity index (χ2n) is 7.42. The molecule has 0 saturated heterocycles. The highest BCUT2D eigenvalue weighted by Gasteiger charge is 2.33. The first kappa shape index (κ1) is 23.3. The van der Waals surface area contributed by atoms with Crippen LogP contribution in [0.2, 0.25) is 0 Å². The summed E-state index contributed by atoms with van der Waals surface area (Å²) < 4.78 is 18.0. The van der Waals surface area contributed by atoms with Crippen LogP contribution in [0.15, 0.2) is 69.6 Å². The van der Waals surface area contributed by atoms with Crippen LogP contribution in [0.4, 0.5) is 5.69 Å². The third kappa shape index (κ3) is 4.34. The Hall–Kier alpha value is -3.85. The van der Waals surface area contributed by atoms with Gasteiger partial charge in [-0.25, -0.2) is 9.79 Å². The van der Waals surface area contributed by atoms with Crippen molar-refractivity contribution in [3.63, 3.8) is 0 Å². The monoisotopic (exact) mass is 479 g/mol. The van der Waals surface area contributed by atoms with Gasteiger partial charge < -0.3 is 19.5 Å². The number of hydrogen-bond donors (Lipinski definition) is 1. The summed E-state index contributed by atoms with van der Waals surface area (Å²) in [6.07, 6.45) is 1.63. The number of esters is 1. The Bertz CT molecular complexity index is 1440. The maximum atomic E-state index is 13.6. The minimum Gasteiger partial charge on any atom is -0.497 e. The molecule has 0 bridgehead atoms. The average Bonchev–Trinajstić information content (AvgIpc) is 3.16. The summed E-state index contributed by atoms with van der Waals surface area (Å²) in [6, 6.07) is 14.0. The molecule has 8 nitrogen and oxygen atoms in total. The van der Waals surface area contributed by atoms with Crippen molar-refractivity contribution >= 4 is 29.2 Å². The molecule has 176 valence electrons. The van der Waals surface area contributed by atoms with E-state index in [1.807, 2.05) is 48.5 Å². The summed E-state index contributed by atoms with van der Waals surface area (Å²) in [5, 5.41) is 3.15. The van der Waals surface area contributed by atoms with E-state index < -0.39 is 12.0 Å². The van der Waals surface area contributed by atoms with E-state index in [-0.39, 0.29) is 12.2 Å². The number of ether oxygens (including phenoxy) is 3. The highest BCUT2D eigenvalue weighted by Crippen LogP contribution is 2.32. The third-order valence-electron chi connectivity index (χ3n) is 5.39. The lowest BCUT2D eigenvalue weighted by Gasteiger charge is -2.24. The maximum absolute atomic E-state index is 13.6.